The fourth-order valence-electron chi connectivity index (χ4n) is 1.91. The molecule has 1 unspecified atom stereocenters. The Bertz CT molecular complexity index is 460. The highest BCUT2D eigenvalue weighted by atomic mass is 16.6. The lowest BCUT2D eigenvalue weighted by atomic mass is 10.1. The lowest BCUT2D eigenvalue weighted by Crippen LogP contribution is -2.40. The highest BCUT2D eigenvalue weighted by molar-refractivity contribution is 5.77. The van der Waals surface area contributed by atoms with Gasteiger partial charge in [0.25, 0.3) is 0 Å². The zero-order chi connectivity index (χ0) is 15.8. The first-order chi connectivity index (χ1) is 9.95. The van der Waals surface area contributed by atoms with Crippen molar-refractivity contribution in [3.05, 3.63) is 35.9 Å². The van der Waals surface area contributed by atoms with Gasteiger partial charge >= 0.3 is 6.09 Å². The van der Waals surface area contributed by atoms with Gasteiger partial charge in [0.05, 0.1) is 0 Å². The Morgan fingerprint density at radius 3 is 2.29 bits per heavy atom. The van der Waals surface area contributed by atoms with Crippen LogP contribution in [0.3, 0.4) is 0 Å². The zero-order valence-electron chi connectivity index (χ0n) is 13.2. The summed E-state index contributed by atoms with van der Waals surface area (Å²) in [4.78, 5) is 26.9. The molecule has 21 heavy (non-hydrogen) atoms. The second-order valence-electron chi connectivity index (χ2n) is 5.21. The minimum Gasteiger partial charge on any atom is -0.445 e. The number of carbonyl (C=O) groups excluding carboxylic acids is 2. The van der Waals surface area contributed by atoms with Crippen molar-refractivity contribution in [2.75, 3.05) is 21.1 Å². The number of benzene rings is 1. The number of ether oxygens (including phenoxy) is 1. The molecular formula is C16H24N2O3. The summed E-state index contributed by atoms with van der Waals surface area (Å²) in [6.07, 6.45) is 0.606. The lowest BCUT2D eigenvalue weighted by molar-refractivity contribution is -0.129. The normalized spacial score (nSPS) is 11.6. The summed E-state index contributed by atoms with van der Waals surface area (Å²) < 4.78 is 5.28. The fourth-order valence-corrected chi connectivity index (χ4v) is 1.91. The summed E-state index contributed by atoms with van der Waals surface area (Å²) >= 11 is 0. The molecule has 0 heterocycles. The topological polar surface area (TPSA) is 49.9 Å². The largest absolute Gasteiger partial charge is 0.445 e. The first kappa shape index (κ1) is 17.0. The van der Waals surface area contributed by atoms with E-state index >= 15 is 0 Å². The molecule has 0 aliphatic heterocycles. The monoisotopic (exact) mass is 292 g/mol. The molecule has 0 aromatic heterocycles. The van der Waals surface area contributed by atoms with Crippen LogP contribution in [0.5, 0.6) is 0 Å². The summed E-state index contributed by atoms with van der Waals surface area (Å²) in [5.41, 5.74) is 0.941. The molecule has 0 spiro atoms. The van der Waals surface area contributed by atoms with Crippen molar-refractivity contribution in [1.29, 1.82) is 0 Å². The standard InChI is InChI=1S/C16H24N2O3/c1-5-14(11-15(19)17(2)3)18(4)16(20)21-12-13-9-7-6-8-10-13/h6-10,14H,5,11-12H2,1-4H3. The van der Waals surface area contributed by atoms with Crippen molar-refractivity contribution < 1.29 is 14.3 Å². The molecular weight excluding hydrogens is 268 g/mol. The summed E-state index contributed by atoms with van der Waals surface area (Å²) in [6.45, 7) is 2.19. The van der Waals surface area contributed by atoms with Crippen molar-refractivity contribution in [3.8, 4) is 0 Å². The molecule has 0 bridgehead atoms. The van der Waals surface area contributed by atoms with E-state index in [-0.39, 0.29) is 18.6 Å². The van der Waals surface area contributed by atoms with E-state index in [1.54, 1.807) is 21.1 Å². The van der Waals surface area contributed by atoms with Gasteiger partial charge in [-0.2, -0.15) is 0 Å². The van der Waals surface area contributed by atoms with E-state index in [2.05, 4.69) is 0 Å². The van der Waals surface area contributed by atoms with Crippen molar-refractivity contribution in [2.45, 2.75) is 32.4 Å². The molecule has 5 nitrogen and oxygen atoms in total. The van der Waals surface area contributed by atoms with Gasteiger partial charge in [-0.05, 0) is 12.0 Å². The number of hydrogen-bond acceptors (Lipinski definition) is 3. The number of amides is 2. The number of carbonyl (C=O) groups is 2. The van der Waals surface area contributed by atoms with Gasteiger partial charge in [-0.3, -0.25) is 4.79 Å². The van der Waals surface area contributed by atoms with Gasteiger partial charge in [0.2, 0.25) is 5.91 Å². The Morgan fingerprint density at radius 1 is 1.14 bits per heavy atom. The second kappa shape index (κ2) is 8.29. The minimum absolute atomic E-state index is 0.00422. The summed E-state index contributed by atoms with van der Waals surface area (Å²) in [5, 5.41) is 0. The molecule has 1 rings (SSSR count). The predicted molar refractivity (Wildman–Crippen MR) is 81.8 cm³/mol. The molecule has 2 amide bonds. The molecule has 1 aromatic carbocycles. The first-order valence-electron chi connectivity index (χ1n) is 7.09. The van der Waals surface area contributed by atoms with E-state index in [4.69, 9.17) is 4.74 Å². The molecule has 0 fully saturated rings. The summed E-state index contributed by atoms with van der Waals surface area (Å²) in [7, 11) is 5.09. The molecule has 116 valence electrons. The molecule has 0 aliphatic carbocycles. The third-order valence-electron chi connectivity index (χ3n) is 3.42. The predicted octanol–water partition coefficient (Wildman–Crippen LogP) is 2.51. The smallest absolute Gasteiger partial charge is 0.410 e. The van der Waals surface area contributed by atoms with Crippen molar-refractivity contribution in [1.82, 2.24) is 9.80 Å². The SMILES string of the molecule is CCC(CC(=O)N(C)C)N(C)C(=O)OCc1ccccc1. The van der Waals surface area contributed by atoms with E-state index in [0.29, 0.717) is 12.8 Å². The third kappa shape index (κ3) is 5.45. The van der Waals surface area contributed by atoms with Crippen LogP contribution in [0.1, 0.15) is 25.3 Å². The molecule has 0 N–H and O–H groups in total. The van der Waals surface area contributed by atoms with Crippen LogP contribution in [-0.4, -0.2) is 49.0 Å². The molecule has 0 radical (unpaired) electrons. The fraction of sp³-hybridized carbons (Fsp3) is 0.500. The molecule has 5 heteroatoms. The van der Waals surface area contributed by atoms with Crippen LogP contribution in [0.15, 0.2) is 30.3 Å². The van der Waals surface area contributed by atoms with Crippen LogP contribution in [0.4, 0.5) is 4.79 Å². The van der Waals surface area contributed by atoms with Gasteiger partial charge < -0.3 is 14.5 Å². The van der Waals surface area contributed by atoms with Crippen LogP contribution in [0.2, 0.25) is 0 Å². The van der Waals surface area contributed by atoms with Gasteiger partial charge in [-0.25, -0.2) is 4.79 Å². The first-order valence-corrected chi connectivity index (χ1v) is 7.09. The maximum Gasteiger partial charge on any atom is 0.410 e. The Labute approximate surface area is 126 Å². The Balaban J connectivity index is 2.53. The Morgan fingerprint density at radius 2 is 1.76 bits per heavy atom. The highest BCUT2D eigenvalue weighted by Crippen LogP contribution is 2.11. The van der Waals surface area contributed by atoms with E-state index in [1.165, 1.54) is 9.80 Å². The number of hydrogen-bond donors (Lipinski definition) is 0. The molecule has 0 saturated carbocycles. The van der Waals surface area contributed by atoms with Gasteiger partial charge in [0.15, 0.2) is 0 Å². The van der Waals surface area contributed by atoms with Crippen molar-refractivity contribution in [3.63, 3.8) is 0 Å². The second-order valence-corrected chi connectivity index (χ2v) is 5.21. The molecule has 0 saturated heterocycles. The molecule has 0 aliphatic rings. The minimum atomic E-state index is -0.405. The molecule has 1 atom stereocenters. The summed E-state index contributed by atoms with van der Waals surface area (Å²) in [6, 6.07) is 9.37. The van der Waals surface area contributed by atoms with Gasteiger partial charge in [-0.15, -0.1) is 0 Å². The quantitative estimate of drug-likeness (QED) is 0.809. The summed E-state index contributed by atoms with van der Waals surface area (Å²) in [5.74, 6) is 0.00422. The Hall–Kier alpha value is -2.04. The average Bonchev–Trinajstić information content (AvgIpc) is 2.50. The van der Waals surface area contributed by atoms with Crippen LogP contribution in [0, 0.1) is 0 Å². The van der Waals surface area contributed by atoms with Crippen molar-refractivity contribution >= 4 is 12.0 Å². The number of rotatable bonds is 6. The third-order valence-corrected chi connectivity index (χ3v) is 3.42. The highest BCUT2D eigenvalue weighted by Gasteiger charge is 2.23. The average molecular weight is 292 g/mol. The van der Waals surface area contributed by atoms with Gasteiger partial charge in [0.1, 0.15) is 6.61 Å². The van der Waals surface area contributed by atoms with Gasteiger partial charge in [0, 0.05) is 33.6 Å². The lowest BCUT2D eigenvalue weighted by Gasteiger charge is -2.27. The number of nitrogens with zero attached hydrogens (tertiary/aromatic N) is 2. The van der Waals surface area contributed by atoms with Crippen LogP contribution >= 0.6 is 0 Å². The van der Waals surface area contributed by atoms with Crippen LogP contribution in [-0.2, 0) is 16.1 Å². The van der Waals surface area contributed by atoms with E-state index in [9.17, 15) is 9.59 Å². The van der Waals surface area contributed by atoms with Crippen molar-refractivity contribution in [2.24, 2.45) is 0 Å². The van der Waals surface area contributed by atoms with E-state index in [1.807, 2.05) is 37.3 Å². The Kier molecular flexibility index (Phi) is 6.72. The van der Waals surface area contributed by atoms with Crippen LogP contribution in [0.25, 0.3) is 0 Å². The van der Waals surface area contributed by atoms with E-state index in [0.717, 1.165) is 5.56 Å². The zero-order valence-corrected chi connectivity index (χ0v) is 13.2. The van der Waals surface area contributed by atoms with Crippen LogP contribution < -0.4 is 0 Å². The molecule has 1 aromatic rings. The maximum atomic E-state index is 12.0. The van der Waals surface area contributed by atoms with Gasteiger partial charge in [-0.1, -0.05) is 37.3 Å². The van der Waals surface area contributed by atoms with E-state index < -0.39 is 6.09 Å². The maximum absolute atomic E-state index is 12.0.